The van der Waals surface area contributed by atoms with Crippen LogP contribution in [0.15, 0.2) is 30.3 Å². The number of anilines is 1. The molecule has 4 saturated heterocycles. The third kappa shape index (κ3) is 4.49. The number of nitrogens with one attached hydrogen (secondary N) is 1. The van der Waals surface area contributed by atoms with Gasteiger partial charge in [0.15, 0.2) is 17.4 Å². The molecule has 4 aromatic rings. The Balaban J connectivity index is 1.27. The molecule has 1 aromatic heterocycles. The van der Waals surface area contributed by atoms with E-state index in [4.69, 9.17) is 14.5 Å². The molecule has 5 atom stereocenters. The zero-order chi connectivity index (χ0) is 32.0. The van der Waals surface area contributed by atoms with Crippen LogP contribution in [0.4, 0.5) is 19.0 Å². The van der Waals surface area contributed by atoms with E-state index >= 15 is 8.78 Å². The molecule has 0 saturated carbocycles. The van der Waals surface area contributed by atoms with Crippen LogP contribution in [0.2, 0.25) is 0 Å². The summed E-state index contributed by atoms with van der Waals surface area (Å²) in [4.78, 5) is 13.8. The first-order valence-corrected chi connectivity index (χ1v) is 17.0. The molecule has 2 N–H and O–H groups in total. The molecule has 47 heavy (non-hydrogen) atoms. The molecule has 0 spiro atoms. The van der Waals surface area contributed by atoms with Crippen molar-refractivity contribution in [1.82, 2.24) is 20.2 Å². The fourth-order valence-corrected chi connectivity index (χ4v) is 9.28. The highest BCUT2D eigenvalue weighted by Crippen LogP contribution is 2.48. The Hall–Kier alpha value is -3.83. The van der Waals surface area contributed by atoms with Crippen molar-refractivity contribution in [3.8, 4) is 28.6 Å². The van der Waals surface area contributed by atoms with Crippen molar-refractivity contribution in [1.29, 1.82) is 0 Å². The number of fused-ring (bicyclic) bond motifs is 7. The number of piperazine rings is 1. The van der Waals surface area contributed by atoms with Gasteiger partial charge in [0, 0.05) is 44.1 Å². The number of alkyl halides is 1. The number of aryl methyl sites for hydroxylation is 1. The Bertz CT molecular complexity index is 1930. The zero-order valence-corrected chi connectivity index (χ0v) is 26.4. The molecule has 2 bridgehead atoms. The van der Waals surface area contributed by atoms with Crippen LogP contribution in [-0.4, -0.2) is 82.7 Å². The van der Waals surface area contributed by atoms with E-state index in [1.165, 1.54) is 6.07 Å². The van der Waals surface area contributed by atoms with Gasteiger partial charge in [0.25, 0.3) is 0 Å². The molecule has 2 unspecified atom stereocenters. The predicted molar refractivity (Wildman–Crippen MR) is 173 cm³/mol. The third-order valence-corrected chi connectivity index (χ3v) is 11.4. The van der Waals surface area contributed by atoms with Crippen LogP contribution in [0.3, 0.4) is 0 Å². The average molecular weight is 646 g/mol. The summed E-state index contributed by atoms with van der Waals surface area (Å²) >= 11 is 0. The van der Waals surface area contributed by atoms with Gasteiger partial charge < -0.3 is 24.8 Å². The summed E-state index contributed by atoms with van der Waals surface area (Å²) < 4.78 is 61.3. The summed E-state index contributed by atoms with van der Waals surface area (Å²) in [5, 5.41) is 16.0. The molecule has 246 valence electrons. The summed E-state index contributed by atoms with van der Waals surface area (Å²) in [6.07, 6.45) is 4.50. The molecule has 9 rings (SSSR count). The smallest absolute Gasteiger partial charge is 0.319 e. The van der Waals surface area contributed by atoms with E-state index in [0.717, 1.165) is 37.8 Å². The minimum atomic E-state index is -0.922. The van der Waals surface area contributed by atoms with E-state index in [9.17, 15) is 9.50 Å². The molecule has 11 heteroatoms. The van der Waals surface area contributed by atoms with Crippen LogP contribution in [0, 0.1) is 11.6 Å². The number of halogens is 3. The molecule has 3 aromatic carbocycles. The van der Waals surface area contributed by atoms with E-state index in [1.54, 1.807) is 6.07 Å². The number of hydrogen-bond acceptors (Lipinski definition) is 8. The highest BCUT2D eigenvalue weighted by molar-refractivity contribution is 6.05. The summed E-state index contributed by atoms with van der Waals surface area (Å²) in [5.41, 5.74) is 0.285. The predicted octanol–water partition coefficient (Wildman–Crippen LogP) is 6.04. The van der Waals surface area contributed by atoms with Crippen LogP contribution in [-0.2, 0) is 6.42 Å². The second kappa shape index (κ2) is 10.8. The lowest BCUT2D eigenvalue weighted by atomic mass is 9.91. The monoisotopic (exact) mass is 645 g/mol. The van der Waals surface area contributed by atoms with Crippen molar-refractivity contribution in [2.24, 2.45) is 0 Å². The molecule has 4 fully saturated rings. The number of benzene rings is 3. The van der Waals surface area contributed by atoms with E-state index in [0.29, 0.717) is 48.9 Å². The number of rotatable bonds is 5. The van der Waals surface area contributed by atoms with Gasteiger partial charge in [-0.3, -0.25) is 4.90 Å². The van der Waals surface area contributed by atoms with Crippen LogP contribution < -0.4 is 19.7 Å². The standard InChI is InChI=1S/C36H38F3N5O3/c1-2-19-5-3-6-20-13-23(45)14-24(27(19)20)28-30(38)32-29-33(31(28)39)46-12-9-26-25-8-7-22(40-25)17-44(26)34(29)42-35(41-32)47-18-36-10-4-11-43(36)16-21(37)15-36/h3,5-6,13-14,21-22,25-26,40,45H,2,4,7-12,15-18H2,1H3/t21-,22?,25?,26-,36+/m1/s1. The quantitative estimate of drug-likeness (QED) is 0.272. The third-order valence-electron chi connectivity index (χ3n) is 11.4. The summed E-state index contributed by atoms with van der Waals surface area (Å²) in [6.45, 7) is 4.24. The van der Waals surface area contributed by atoms with Gasteiger partial charge in [-0.15, -0.1) is 0 Å². The lowest BCUT2D eigenvalue weighted by molar-refractivity contribution is 0.107. The Morgan fingerprint density at radius 1 is 1.11 bits per heavy atom. The van der Waals surface area contributed by atoms with Gasteiger partial charge in [0.05, 0.1) is 23.1 Å². The van der Waals surface area contributed by atoms with Crippen molar-refractivity contribution < 1.29 is 27.8 Å². The largest absolute Gasteiger partial charge is 0.508 e. The molecule has 0 radical (unpaired) electrons. The first kappa shape index (κ1) is 29.3. The molecular weight excluding hydrogens is 607 g/mol. The Labute approximate surface area is 270 Å². The number of phenols is 1. The maximum atomic E-state index is 17.2. The van der Waals surface area contributed by atoms with Crippen molar-refractivity contribution in [3.05, 3.63) is 47.5 Å². The van der Waals surface area contributed by atoms with Crippen molar-refractivity contribution in [2.45, 2.75) is 81.7 Å². The van der Waals surface area contributed by atoms with Crippen LogP contribution in [0.1, 0.15) is 51.0 Å². The number of nitrogens with zero attached hydrogens (tertiary/aromatic N) is 4. The summed E-state index contributed by atoms with van der Waals surface area (Å²) in [5.74, 6) is -1.50. The van der Waals surface area contributed by atoms with Crippen LogP contribution in [0.25, 0.3) is 32.8 Å². The Morgan fingerprint density at radius 3 is 2.87 bits per heavy atom. The van der Waals surface area contributed by atoms with Gasteiger partial charge in [-0.2, -0.15) is 9.97 Å². The fraction of sp³-hybridized carbons (Fsp3) is 0.500. The molecular formula is C36H38F3N5O3. The highest BCUT2D eigenvalue weighted by Gasteiger charge is 2.50. The van der Waals surface area contributed by atoms with Gasteiger partial charge in [0.2, 0.25) is 0 Å². The Morgan fingerprint density at radius 2 is 2.00 bits per heavy atom. The lowest BCUT2D eigenvalue weighted by Gasteiger charge is -2.43. The topological polar surface area (TPSA) is 83.0 Å². The van der Waals surface area contributed by atoms with E-state index < -0.39 is 23.3 Å². The molecule has 0 aliphatic carbocycles. The van der Waals surface area contributed by atoms with E-state index in [2.05, 4.69) is 20.1 Å². The van der Waals surface area contributed by atoms with Gasteiger partial charge >= 0.3 is 6.01 Å². The number of hydrogen-bond donors (Lipinski definition) is 2. The van der Waals surface area contributed by atoms with Crippen molar-refractivity contribution >= 4 is 27.5 Å². The zero-order valence-electron chi connectivity index (χ0n) is 26.4. The fourth-order valence-electron chi connectivity index (χ4n) is 9.28. The first-order valence-electron chi connectivity index (χ1n) is 17.0. The van der Waals surface area contributed by atoms with Gasteiger partial charge in [0.1, 0.15) is 29.9 Å². The van der Waals surface area contributed by atoms with Crippen LogP contribution in [0.5, 0.6) is 17.5 Å². The average Bonchev–Trinajstić information content (AvgIpc) is 3.72. The second-order valence-electron chi connectivity index (χ2n) is 14.0. The Kier molecular flexibility index (Phi) is 6.77. The number of ether oxygens (including phenoxy) is 2. The highest BCUT2D eigenvalue weighted by atomic mass is 19.1. The SMILES string of the molecule is CCc1cccc2cc(O)cc(-c3c(F)c4c5c(nc(OC[C@@]67CCCN6C[C@H](F)C7)nc5c3F)N3CC5CCC(N5)[C@H]3CCO4)c12. The maximum Gasteiger partial charge on any atom is 0.319 e. The van der Waals surface area contributed by atoms with Crippen molar-refractivity contribution in [2.75, 3.05) is 37.7 Å². The van der Waals surface area contributed by atoms with Gasteiger partial charge in [-0.25, -0.2) is 13.2 Å². The molecule has 5 aliphatic rings. The van der Waals surface area contributed by atoms with E-state index in [1.807, 2.05) is 25.1 Å². The minimum absolute atomic E-state index is 0.0151. The second-order valence-corrected chi connectivity index (χ2v) is 14.0. The number of phenolic OH excluding ortho intramolecular Hbond substituents is 1. The summed E-state index contributed by atoms with van der Waals surface area (Å²) in [6, 6.07) is 9.09. The van der Waals surface area contributed by atoms with Crippen LogP contribution >= 0.6 is 0 Å². The molecule has 8 nitrogen and oxygen atoms in total. The van der Waals surface area contributed by atoms with Gasteiger partial charge in [-0.05, 0) is 72.7 Å². The van der Waals surface area contributed by atoms with Crippen molar-refractivity contribution in [3.63, 3.8) is 0 Å². The molecule has 5 aliphatic heterocycles. The molecule has 0 amide bonds. The number of aromatic hydroxyl groups is 1. The lowest BCUT2D eigenvalue weighted by Crippen LogP contribution is -2.59. The molecule has 6 heterocycles. The van der Waals surface area contributed by atoms with Gasteiger partial charge in [-0.1, -0.05) is 25.1 Å². The first-order chi connectivity index (χ1) is 22.8. The maximum absolute atomic E-state index is 17.2. The minimum Gasteiger partial charge on any atom is -0.508 e. The summed E-state index contributed by atoms with van der Waals surface area (Å²) in [7, 11) is 0. The van der Waals surface area contributed by atoms with E-state index in [-0.39, 0.29) is 70.9 Å². The number of aromatic nitrogens is 2. The normalized spacial score (nSPS) is 28.3.